The van der Waals surface area contributed by atoms with Crippen LogP contribution in [0.4, 0.5) is 0 Å². The molecule has 5 aliphatic rings. The van der Waals surface area contributed by atoms with Crippen LogP contribution in [0, 0.1) is 17.8 Å². The Morgan fingerprint density at radius 1 is 1.09 bits per heavy atom. The molecule has 0 spiro atoms. The van der Waals surface area contributed by atoms with E-state index in [0.717, 1.165) is 36.3 Å². The van der Waals surface area contributed by atoms with Crippen LogP contribution in [0.25, 0.3) is 0 Å². The Kier molecular flexibility index (Phi) is 3.91. The van der Waals surface area contributed by atoms with Gasteiger partial charge in [0.2, 0.25) is 0 Å². The second-order valence-electron chi connectivity index (χ2n) is 8.84. The third-order valence-electron chi connectivity index (χ3n) is 7.33. The highest BCUT2D eigenvalue weighted by Crippen LogP contribution is 2.45. The van der Waals surface area contributed by atoms with Crippen LogP contribution in [0.3, 0.4) is 0 Å². The number of fused-ring (bicyclic) bond motifs is 2. The largest absolute Gasteiger partial charge is 0.362 e. The summed E-state index contributed by atoms with van der Waals surface area (Å²) in [7, 11) is 0. The second kappa shape index (κ2) is 5.96. The molecule has 0 radical (unpaired) electrons. The van der Waals surface area contributed by atoms with Gasteiger partial charge in [0.25, 0.3) is 0 Å². The Hall–Kier alpha value is -0.190. The van der Waals surface area contributed by atoms with Crippen molar-refractivity contribution in [2.45, 2.75) is 69.5 Å². The van der Waals surface area contributed by atoms with Crippen molar-refractivity contribution in [3.63, 3.8) is 0 Å². The topological polar surface area (TPSA) is 18.5 Å². The molecule has 0 amide bonds. The van der Waals surface area contributed by atoms with Crippen molar-refractivity contribution in [2.24, 2.45) is 17.8 Å². The summed E-state index contributed by atoms with van der Waals surface area (Å²) in [5.41, 5.74) is 0. The number of hydrogen-bond donors (Lipinski definition) is 1. The lowest BCUT2D eigenvalue weighted by Crippen LogP contribution is -2.68. The standard InChI is InChI=1S/C19H31N3S/c23-18-10-15(20-11-13-5-6-13)9-17-16-4-2-8-21-7-1-3-14(19(16)21)12-22(17)18/h13-17,19-20H,1-12H2/t14-,15-,16+,17+,19-/m0/s1. The van der Waals surface area contributed by atoms with Gasteiger partial charge >= 0.3 is 0 Å². The molecule has 1 aliphatic carbocycles. The minimum absolute atomic E-state index is 0.653. The molecule has 4 aliphatic heterocycles. The predicted octanol–water partition coefficient (Wildman–Crippen LogP) is 2.65. The molecular weight excluding hydrogens is 302 g/mol. The molecule has 5 fully saturated rings. The van der Waals surface area contributed by atoms with Crippen LogP contribution in [0.5, 0.6) is 0 Å². The van der Waals surface area contributed by atoms with Gasteiger partial charge in [-0.05, 0) is 82.3 Å². The average molecular weight is 334 g/mol. The zero-order valence-electron chi connectivity index (χ0n) is 14.3. The van der Waals surface area contributed by atoms with E-state index >= 15 is 0 Å². The number of nitrogens with zero attached hydrogens (tertiary/aromatic N) is 2. The lowest BCUT2D eigenvalue weighted by Gasteiger charge is -2.60. The van der Waals surface area contributed by atoms with E-state index < -0.39 is 0 Å². The van der Waals surface area contributed by atoms with Gasteiger partial charge in [0.15, 0.2) is 0 Å². The lowest BCUT2D eigenvalue weighted by molar-refractivity contribution is -0.0619. The molecular formula is C19H31N3S. The van der Waals surface area contributed by atoms with Crippen molar-refractivity contribution in [1.29, 1.82) is 0 Å². The maximum Gasteiger partial charge on any atom is 0.0797 e. The van der Waals surface area contributed by atoms with E-state index in [4.69, 9.17) is 12.2 Å². The van der Waals surface area contributed by atoms with Gasteiger partial charge in [-0.25, -0.2) is 0 Å². The molecule has 0 aromatic carbocycles. The van der Waals surface area contributed by atoms with Crippen LogP contribution < -0.4 is 5.32 Å². The van der Waals surface area contributed by atoms with Crippen molar-refractivity contribution in [2.75, 3.05) is 26.2 Å². The number of nitrogens with one attached hydrogen (secondary N) is 1. The number of hydrogen-bond acceptors (Lipinski definition) is 3. The van der Waals surface area contributed by atoms with Gasteiger partial charge in [-0.3, -0.25) is 4.90 Å². The fourth-order valence-electron chi connectivity index (χ4n) is 6.10. The smallest absolute Gasteiger partial charge is 0.0797 e. The lowest BCUT2D eigenvalue weighted by atomic mass is 9.67. The molecule has 0 aromatic rings. The van der Waals surface area contributed by atoms with E-state index in [2.05, 4.69) is 15.1 Å². The second-order valence-corrected chi connectivity index (χ2v) is 9.31. The van der Waals surface area contributed by atoms with Crippen LogP contribution in [-0.4, -0.2) is 59.1 Å². The molecule has 4 heteroatoms. The summed E-state index contributed by atoms with van der Waals surface area (Å²) in [6.45, 7) is 5.22. The van der Waals surface area contributed by atoms with E-state index in [1.807, 2.05) is 0 Å². The van der Waals surface area contributed by atoms with Crippen LogP contribution in [0.2, 0.25) is 0 Å². The molecule has 128 valence electrons. The van der Waals surface area contributed by atoms with E-state index in [-0.39, 0.29) is 0 Å². The maximum atomic E-state index is 5.89. The minimum atomic E-state index is 0.653. The summed E-state index contributed by atoms with van der Waals surface area (Å²) >= 11 is 5.89. The first-order chi connectivity index (χ1) is 11.3. The summed E-state index contributed by atoms with van der Waals surface area (Å²) in [6.07, 6.45) is 11.0. The predicted molar refractivity (Wildman–Crippen MR) is 97.6 cm³/mol. The molecule has 3 nitrogen and oxygen atoms in total. The summed E-state index contributed by atoms with van der Waals surface area (Å²) in [6, 6.07) is 2.26. The first-order valence-electron chi connectivity index (χ1n) is 10.1. The van der Waals surface area contributed by atoms with Crippen LogP contribution in [0.1, 0.15) is 51.4 Å². The number of thiocarbonyl (C=S) groups is 1. The van der Waals surface area contributed by atoms with Gasteiger partial charge in [0.1, 0.15) is 0 Å². The van der Waals surface area contributed by atoms with Gasteiger partial charge in [-0.15, -0.1) is 0 Å². The monoisotopic (exact) mass is 333 g/mol. The van der Waals surface area contributed by atoms with Crippen LogP contribution in [0.15, 0.2) is 0 Å². The Balaban J connectivity index is 1.34. The molecule has 1 N–H and O–H groups in total. The highest BCUT2D eigenvalue weighted by molar-refractivity contribution is 7.80. The molecule has 4 saturated heterocycles. The van der Waals surface area contributed by atoms with Gasteiger partial charge in [0.05, 0.1) is 4.99 Å². The Labute approximate surface area is 146 Å². The highest BCUT2D eigenvalue weighted by Gasteiger charge is 2.50. The van der Waals surface area contributed by atoms with Crippen LogP contribution in [-0.2, 0) is 0 Å². The number of rotatable bonds is 3. The minimum Gasteiger partial charge on any atom is -0.362 e. The van der Waals surface area contributed by atoms with Gasteiger partial charge in [-0.1, -0.05) is 12.2 Å². The van der Waals surface area contributed by atoms with Crippen molar-refractivity contribution < 1.29 is 0 Å². The summed E-state index contributed by atoms with van der Waals surface area (Å²) in [5.74, 6) is 2.74. The summed E-state index contributed by atoms with van der Waals surface area (Å²) in [5, 5.41) is 3.87. The maximum absolute atomic E-state index is 5.89. The Bertz CT molecular complexity index is 475. The molecule has 0 aromatic heterocycles. The molecule has 5 atom stereocenters. The molecule has 0 bridgehead atoms. The van der Waals surface area contributed by atoms with Crippen molar-refractivity contribution >= 4 is 17.2 Å². The van der Waals surface area contributed by atoms with Gasteiger partial charge in [0, 0.05) is 31.1 Å². The van der Waals surface area contributed by atoms with Crippen molar-refractivity contribution in [1.82, 2.24) is 15.1 Å². The third-order valence-corrected chi connectivity index (χ3v) is 7.73. The molecule has 4 heterocycles. The first kappa shape index (κ1) is 15.1. The zero-order valence-corrected chi connectivity index (χ0v) is 15.1. The normalized spacial score (nSPS) is 43.9. The highest BCUT2D eigenvalue weighted by atomic mass is 32.1. The molecule has 1 saturated carbocycles. The Morgan fingerprint density at radius 3 is 2.74 bits per heavy atom. The zero-order chi connectivity index (χ0) is 15.4. The quantitative estimate of drug-likeness (QED) is 0.800. The third kappa shape index (κ3) is 2.75. The van der Waals surface area contributed by atoms with Gasteiger partial charge in [-0.2, -0.15) is 0 Å². The summed E-state index contributed by atoms with van der Waals surface area (Å²) < 4.78 is 0. The van der Waals surface area contributed by atoms with E-state index in [9.17, 15) is 0 Å². The Morgan fingerprint density at radius 2 is 1.91 bits per heavy atom. The van der Waals surface area contributed by atoms with E-state index in [1.54, 1.807) is 0 Å². The number of piperidine rings is 4. The average Bonchev–Trinajstić information content (AvgIpc) is 3.39. The fourth-order valence-corrected chi connectivity index (χ4v) is 6.51. The molecule has 5 rings (SSSR count). The van der Waals surface area contributed by atoms with Gasteiger partial charge < -0.3 is 10.2 Å². The van der Waals surface area contributed by atoms with Crippen molar-refractivity contribution in [3.8, 4) is 0 Å². The summed E-state index contributed by atoms with van der Waals surface area (Å²) in [4.78, 5) is 6.81. The SMILES string of the molecule is S=C1C[C@@H](NCC2CC2)C[C@@H]2[C@H]3CCCN4CCC[C@@H](CN12)[C@@H]34. The molecule has 0 unspecified atom stereocenters. The fraction of sp³-hybridized carbons (Fsp3) is 0.947. The van der Waals surface area contributed by atoms with Crippen LogP contribution >= 0.6 is 12.2 Å². The first-order valence-corrected chi connectivity index (χ1v) is 10.5. The molecule has 23 heavy (non-hydrogen) atoms. The van der Waals surface area contributed by atoms with E-state index in [1.165, 1.54) is 76.1 Å². The van der Waals surface area contributed by atoms with Crippen molar-refractivity contribution in [3.05, 3.63) is 0 Å². The van der Waals surface area contributed by atoms with E-state index in [0.29, 0.717) is 6.04 Å².